The second-order valence-corrected chi connectivity index (χ2v) is 20.4. The van der Waals surface area contributed by atoms with Crippen molar-refractivity contribution in [2.45, 2.75) is 146 Å². The molecule has 4 aromatic rings. The highest BCUT2D eigenvalue weighted by Gasteiger charge is 2.49. The van der Waals surface area contributed by atoms with Crippen molar-refractivity contribution >= 4 is 29.7 Å². The zero-order valence-corrected chi connectivity index (χ0v) is 41.4. The predicted molar refractivity (Wildman–Crippen MR) is 274 cm³/mol. The molecule has 8 rings (SSSR count). The number of amides is 5. The first-order valence-electron chi connectivity index (χ1n) is 26.6. The van der Waals surface area contributed by atoms with E-state index in [-0.39, 0.29) is 79.4 Å². The van der Waals surface area contributed by atoms with Crippen molar-refractivity contribution in [2.24, 2.45) is 11.8 Å². The Kier molecular flexibility index (Phi) is 18.2. The minimum atomic E-state index is -0.696. The SMILES string of the molecule is CCCCCCCCCCCCCCCN(C(=O)OCc1ccccc1)[C@@H]1CCN(C(=O)c2ccc(C(=O)N3C[C@@H](C(=O)N[C@H]4C[C@@H]4c4ccccc4)[C@H](C(=O)N[C@H]4C[C@@H]4c4ccccc4)C3)cc2)C1. The normalized spacial score (nSPS) is 22.3. The number of likely N-dealkylation sites (tertiary alicyclic amines) is 2. The maximum atomic E-state index is 14.1. The van der Waals surface area contributed by atoms with E-state index in [9.17, 15) is 24.0 Å². The highest BCUT2D eigenvalue weighted by molar-refractivity contribution is 5.99. The number of rotatable bonds is 25. The number of nitrogens with one attached hydrogen (secondary N) is 2. The molecule has 372 valence electrons. The summed E-state index contributed by atoms with van der Waals surface area (Å²) in [6.07, 6.45) is 18.2. The molecule has 2 N–H and O–H groups in total. The molecule has 11 heteroatoms. The third-order valence-corrected chi connectivity index (χ3v) is 15.2. The van der Waals surface area contributed by atoms with Gasteiger partial charge in [0.15, 0.2) is 0 Å². The first-order chi connectivity index (χ1) is 34.3. The number of nitrogens with zero attached hydrogens (tertiary/aromatic N) is 3. The number of benzene rings is 4. The van der Waals surface area contributed by atoms with Gasteiger partial charge in [-0.25, -0.2) is 4.79 Å². The summed E-state index contributed by atoms with van der Waals surface area (Å²) in [5.41, 5.74) is 4.13. The number of ether oxygens (including phenoxy) is 1. The lowest BCUT2D eigenvalue weighted by Crippen LogP contribution is -2.43. The summed E-state index contributed by atoms with van der Waals surface area (Å²) < 4.78 is 5.85. The summed E-state index contributed by atoms with van der Waals surface area (Å²) in [7, 11) is 0. The van der Waals surface area contributed by atoms with Gasteiger partial charge in [0.1, 0.15) is 6.61 Å². The largest absolute Gasteiger partial charge is 0.445 e. The van der Waals surface area contributed by atoms with Gasteiger partial charge in [-0.3, -0.25) is 19.2 Å². The van der Waals surface area contributed by atoms with Gasteiger partial charge in [0.25, 0.3) is 11.8 Å². The molecule has 4 aliphatic rings. The lowest BCUT2D eigenvalue weighted by atomic mass is 9.94. The van der Waals surface area contributed by atoms with Crippen LogP contribution in [-0.2, 0) is 20.9 Å². The van der Waals surface area contributed by atoms with Gasteiger partial charge in [-0.1, -0.05) is 175 Å². The Labute approximate surface area is 416 Å². The van der Waals surface area contributed by atoms with Crippen LogP contribution in [0, 0.1) is 11.8 Å². The average molecular weight is 950 g/mol. The minimum Gasteiger partial charge on any atom is -0.445 e. The molecule has 0 spiro atoms. The molecule has 2 saturated carbocycles. The monoisotopic (exact) mass is 950 g/mol. The lowest BCUT2D eigenvalue weighted by Gasteiger charge is -2.28. The van der Waals surface area contributed by atoms with Crippen LogP contribution in [0.25, 0.3) is 0 Å². The fourth-order valence-electron chi connectivity index (χ4n) is 10.8. The molecule has 0 unspecified atom stereocenters. The topological polar surface area (TPSA) is 128 Å². The second-order valence-electron chi connectivity index (χ2n) is 20.4. The van der Waals surface area contributed by atoms with E-state index >= 15 is 0 Å². The van der Waals surface area contributed by atoms with Gasteiger partial charge in [0, 0.05) is 67.8 Å². The van der Waals surface area contributed by atoms with Crippen LogP contribution in [0.15, 0.2) is 115 Å². The van der Waals surface area contributed by atoms with E-state index in [0.717, 1.165) is 37.7 Å². The molecular formula is C59H75N5O6. The molecule has 4 aromatic carbocycles. The lowest BCUT2D eigenvalue weighted by molar-refractivity contribution is -0.133. The van der Waals surface area contributed by atoms with Crippen LogP contribution in [0.5, 0.6) is 0 Å². The van der Waals surface area contributed by atoms with Crippen molar-refractivity contribution in [3.63, 3.8) is 0 Å². The average Bonchev–Trinajstić information content (AvgIpc) is 4.23. The quantitative estimate of drug-likeness (QED) is 0.0637. The van der Waals surface area contributed by atoms with Gasteiger partial charge < -0.3 is 30.1 Å². The molecule has 11 nitrogen and oxygen atoms in total. The van der Waals surface area contributed by atoms with Crippen LogP contribution in [0.2, 0.25) is 0 Å². The molecular weight excluding hydrogens is 875 g/mol. The van der Waals surface area contributed by atoms with Crippen molar-refractivity contribution in [2.75, 3.05) is 32.7 Å². The highest BCUT2D eigenvalue weighted by atomic mass is 16.6. The Morgan fingerprint density at radius 3 is 1.47 bits per heavy atom. The summed E-state index contributed by atoms with van der Waals surface area (Å²) in [5.74, 6) is -1.77. The second kappa shape index (κ2) is 25.2. The number of hydrogen-bond donors (Lipinski definition) is 2. The molecule has 2 aliphatic heterocycles. The van der Waals surface area contributed by atoms with E-state index in [0.29, 0.717) is 37.2 Å². The molecule has 0 radical (unpaired) electrons. The van der Waals surface area contributed by atoms with Gasteiger partial charge >= 0.3 is 6.09 Å². The molecule has 2 heterocycles. The summed E-state index contributed by atoms with van der Waals surface area (Å²) in [6.45, 7) is 4.19. The number of unbranched alkanes of at least 4 members (excludes halogenated alkanes) is 12. The Morgan fingerprint density at radius 2 is 0.986 bits per heavy atom. The molecule has 7 atom stereocenters. The van der Waals surface area contributed by atoms with Crippen molar-refractivity contribution in [1.82, 2.24) is 25.3 Å². The molecule has 5 amide bonds. The molecule has 2 aliphatic carbocycles. The first kappa shape index (κ1) is 50.4. The summed E-state index contributed by atoms with van der Waals surface area (Å²) in [5, 5.41) is 6.42. The van der Waals surface area contributed by atoms with E-state index in [1.54, 1.807) is 34.1 Å². The first-order valence-corrected chi connectivity index (χ1v) is 26.6. The fraction of sp³-hybridized carbons (Fsp3) is 0.508. The van der Waals surface area contributed by atoms with Crippen molar-refractivity contribution in [3.05, 3.63) is 143 Å². The van der Waals surface area contributed by atoms with Crippen molar-refractivity contribution in [1.29, 1.82) is 0 Å². The summed E-state index contributed by atoms with van der Waals surface area (Å²) >= 11 is 0. The van der Waals surface area contributed by atoms with Crippen LogP contribution in [0.3, 0.4) is 0 Å². The predicted octanol–water partition coefficient (Wildman–Crippen LogP) is 10.7. The van der Waals surface area contributed by atoms with E-state index in [1.807, 2.05) is 71.6 Å². The van der Waals surface area contributed by atoms with E-state index in [1.165, 1.54) is 75.3 Å². The van der Waals surface area contributed by atoms with Gasteiger partial charge in [-0.15, -0.1) is 0 Å². The number of carbonyl (C=O) groups is 5. The fourth-order valence-corrected chi connectivity index (χ4v) is 10.8. The van der Waals surface area contributed by atoms with Crippen LogP contribution in [0.4, 0.5) is 4.79 Å². The van der Waals surface area contributed by atoms with Gasteiger partial charge in [0.2, 0.25) is 11.8 Å². The van der Waals surface area contributed by atoms with Crippen LogP contribution in [-0.4, -0.2) is 95.3 Å². The Balaban J connectivity index is 0.843. The zero-order chi connectivity index (χ0) is 48.7. The van der Waals surface area contributed by atoms with Crippen molar-refractivity contribution < 1.29 is 28.7 Å². The smallest absolute Gasteiger partial charge is 0.410 e. The third kappa shape index (κ3) is 13.9. The number of carbonyl (C=O) groups excluding carboxylic acids is 5. The Morgan fingerprint density at radius 1 is 0.543 bits per heavy atom. The molecule has 0 aromatic heterocycles. The highest BCUT2D eigenvalue weighted by Crippen LogP contribution is 2.43. The molecule has 2 saturated heterocycles. The molecule has 0 bridgehead atoms. The van der Waals surface area contributed by atoms with E-state index in [4.69, 9.17) is 4.74 Å². The van der Waals surface area contributed by atoms with Gasteiger partial charge in [-0.2, -0.15) is 0 Å². The maximum Gasteiger partial charge on any atom is 0.410 e. The Bertz CT molecular complexity index is 2240. The van der Waals surface area contributed by atoms with Gasteiger partial charge in [-0.05, 0) is 66.6 Å². The molecule has 70 heavy (non-hydrogen) atoms. The van der Waals surface area contributed by atoms with Crippen LogP contribution >= 0.6 is 0 Å². The van der Waals surface area contributed by atoms with Crippen molar-refractivity contribution in [3.8, 4) is 0 Å². The van der Waals surface area contributed by atoms with E-state index in [2.05, 4.69) is 41.8 Å². The summed E-state index contributed by atoms with van der Waals surface area (Å²) in [6, 6.07) is 36.5. The van der Waals surface area contributed by atoms with Gasteiger partial charge in [0.05, 0.1) is 17.9 Å². The summed E-state index contributed by atoms with van der Waals surface area (Å²) in [4.78, 5) is 75.0. The number of hydrogen-bond acceptors (Lipinski definition) is 6. The minimum absolute atomic E-state index is 0.00850. The third-order valence-electron chi connectivity index (χ3n) is 15.2. The standard InChI is InChI=1S/C59H75N5O6/c1-2-3-4-5-6-7-8-9-10-11-12-13-23-35-64(59(69)70-42-43-24-17-14-18-25-43)48-34-36-62(39-48)57(67)46-30-32-47(33-31-46)58(68)63-40-51(55(65)60-53-37-49(53)44-26-19-15-20-27-44)52(41-63)56(66)61-54-38-50(54)45-28-21-16-22-29-45/h14-22,24-33,48-54H,2-13,23,34-42H2,1H3,(H,60,65)(H,61,66)/t48-,49-,50-,51-,52-,53+,54+/m1/s1. The van der Waals surface area contributed by atoms with E-state index < -0.39 is 11.8 Å². The Hall–Kier alpha value is -5.97. The van der Waals surface area contributed by atoms with Crippen LogP contribution < -0.4 is 10.6 Å². The maximum absolute atomic E-state index is 14.1. The molecule has 4 fully saturated rings. The van der Waals surface area contributed by atoms with Crippen LogP contribution in [0.1, 0.15) is 159 Å². The zero-order valence-electron chi connectivity index (χ0n) is 41.4.